The summed E-state index contributed by atoms with van der Waals surface area (Å²) in [4.78, 5) is 0. The predicted molar refractivity (Wildman–Crippen MR) is 51.1 cm³/mol. The molecule has 0 rings (SSSR count). The number of hydrogen-bond acceptors (Lipinski definition) is 1. The standard InChI is InChI=1S/C10H17N/c1-5-11-9-7-6-8-10(2,3)4/h5-9,11H,1H2,2-4H3/b8-6-,9-7-. The van der Waals surface area contributed by atoms with Crippen LogP contribution in [0.2, 0.25) is 0 Å². The fraction of sp³-hybridized carbons (Fsp3) is 0.400. The second kappa shape index (κ2) is 4.78. The molecule has 0 amide bonds. The first-order valence-corrected chi connectivity index (χ1v) is 3.77. The van der Waals surface area contributed by atoms with Gasteiger partial charge in [0, 0.05) is 6.20 Å². The van der Waals surface area contributed by atoms with Gasteiger partial charge in [-0.15, -0.1) is 0 Å². The summed E-state index contributed by atoms with van der Waals surface area (Å²) in [7, 11) is 0. The van der Waals surface area contributed by atoms with Crippen molar-refractivity contribution in [3.63, 3.8) is 0 Å². The Balaban J connectivity index is 3.68. The third kappa shape index (κ3) is 9.02. The Morgan fingerprint density at radius 2 is 1.82 bits per heavy atom. The molecular weight excluding hydrogens is 134 g/mol. The molecular formula is C10H17N. The molecule has 0 aliphatic rings. The summed E-state index contributed by atoms with van der Waals surface area (Å²) < 4.78 is 0. The molecule has 0 spiro atoms. The van der Waals surface area contributed by atoms with Crippen molar-refractivity contribution in [3.05, 3.63) is 37.2 Å². The van der Waals surface area contributed by atoms with E-state index in [4.69, 9.17) is 0 Å². The normalized spacial score (nSPS) is 12.6. The largest absolute Gasteiger partial charge is 0.368 e. The molecule has 0 saturated carbocycles. The maximum Gasteiger partial charge on any atom is 0.000407 e. The molecule has 0 radical (unpaired) electrons. The second-order valence-corrected chi connectivity index (χ2v) is 3.46. The van der Waals surface area contributed by atoms with Crippen LogP contribution in [0.3, 0.4) is 0 Å². The lowest BCUT2D eigenvalue weighted by atomic mass is 9.96. The Labute approximate surface area is 69.5 Å². The zero-order valence-electron chi connectivity index (χ0n) is 7.59. The summed E-state index contributed by atoms with van der Waals surface area (Å²) in [6.45, 7) is 10.0. The quantitative estimate of drug-likeness (QED) is 0.611. The third-order valence-electron chi connectivity index (χ3n) is 1.02. The van der Waals surface area contributed by atoms with Crippen LogP contribution in [0.4, 0.5) is 0 Å². The lowest BCUT2D eigenvalue weighted by Crippen LogP contribution is -1.97. The number of allylic oxidation sites excluding steroid dienone is 3. The van der Waals surface area contributed by atoms with E-state index in [-0.39, 0.29) is 5.41 Å². The minimum Gasteiger partial charge on any atom is -0.368 e. The van der Waals surface area contributed by atoms with Gasteiger partial charge in [0.15, 0.2) is 0 Å². The van der Waals surface area contributed by atoms with Crippen molar-refractivity contribution in [1.82, 2.24) is 5.32 Å². The van der Waals surface area contributed by atoms with Crippen LogP contribution in [0, 0.1) is 5.41 Å². The molecule has 62 valence electrons. The topological polar surface area (TPSA) is 12.0 Å². The highest BCUT2D eigenvalue weighted by atomic mass is 14.8. The first-order chi connectivity index (χ1) is 5.06. The van der Waals surface area contributed by atoms with E-state index in [9.17, 15) is 0 Å². The van der Waals surface area contributed by atoms with Gasteiger partial charge in [0.1, 0.15) is 0 Å². The molecule has 0 aromatic carbocycles. The highest BCUT2D eigenvalue weighted by Crippen LogP contribution is 2.13. The zero-order chi connectivity index (χ0) is 8.74. The predicted octanol–water partition coefficient (Wildman–Crippen LogP) is 2.84. The molecule has 0 heterocycles. The fourth-order valence-electron chi connectivity index (χ4n) is 0.523. The van der Waals surface area contributed by atoms with Crippen molar-refractivity contribution in [1.29, 1.82) is 0 Å². The second-order valence-electron chi connectivity index (χ2n) is 3.46. The molecule has 0 atom stereocenters. The molecule has 0 unspecified atom stereocenters. The molecule has 0 fully saturated rings. The van der Waals surface area contributed by atoms with Gasteiger partial charge in [-0.1, -0.05) is 39.5 Å². The molecule has 0 aromatic rings. The van der Waals surface area contributed by atoms with Crippen LogP contribution in [0.5, 0.6) is 0 Å². The van der Waals surface area contributed by atoms with E-state index < -0.39 is 0 Å². The Hall–Kier alpha value is -0.980. The van der Waals surface area contributed by atoms with Gasteiger partial charge in [0.25, 0.3) is 0 Å². The Morgan fingerprint density at radius 3 is 2.27 bits per heavy atom. The average Bonchev–Trinajstić information content (AvgIpc) is 1.85. The summed E-state index contributed by atoms with van der Waals surface area (Å²) >= 11 is 0. The molecule has 0 aliphatic carbocycles. The van der Waals surface area contributed by atoms with E-state index in [2.05, 4.69) is 38.7 Å². The Bertz CT molecular complexity index is 158. The minimum atomic E-state index is 0.262. The van der Waals surface area contributed by atoms with E-state index in [1.165, 1.54) is 0 Å². The van der Waals surface area contributed by atoms with Crippen LogP contribution in [0.1, 0.15) is 20.8 Å². The van der Waals surface area contributed by atoms with Crippen molar-refractivity contribution >= 4 is 0 Å². The number of rotatable bonds is 3. The van der Waals surface area contributed by atoms with E-state index in [1.54, 1.807) is 6.20 Å². The van der Waals surface area contributed by atoms with Gasteiger partial charge in [-0.25, -0.2) is 0 Å². The molecule has 0 aliphatic heterocycles. The molecule has 1 nitrogen and oxygen atoms in total. The van der Waals surface area contributed by atoms with Crippen LogP contribution in [0.25, 0.3) is 0 Å². The van der Waals surface area contributed by atoms with Crippen molar-refractivity contribution in [3.8, 4) is 0 Å². The van der Waals surface area contributed by atoms with Gasteiger partial charge in [0.2, 0.25) is 0 Å². The van der Waals surface area contributed by atoms with Gasteiger partial charge in [-0.3, -0.25) is 0 Å². The van der Waals surface area contributed by atoms with Gasteiger partial charge in [-0.2, -0.15) is 0 Å². The molecule has 1 heteroatoms. The van der Waals surface area contributed by atoms with E-state index >= 15 is 0 Å². The zero-order valence-corrected chi connectivity index (χ0v) is 7.59. The van der Waals surface area contributed by atoms with Crippen LogP contribution >= 0.6 is 0 Å². The van der Waals surface area contributed by atoms with Crippen LogP contribution in [-0.2, 0) is 0 Å². The maximum absolute atomic E-state index is 3.52. The number of hydrogen-bond donors (Lipinski definition) is 1. The van der Waals surface area contributed by atoms with Crippen molar-refractivity contribution in [2.75, 3.05) is 0 Å². The average molecular weight is 151 g/mol. The first kappa shape index (κ1) is 10.0. The monoisotopic (exact) mass is 151 g/mol. The van der Waals surface area contributed by atoms with Gasteiger partial charge in [0.05, 0.1) is 0 Å². The molecule has 0 aromatic heterocycles. The van der Waals surface area contributed by atoms with Gasteiger partial charge in [-0.05, 0) is 17.7 Å². The number of nitrogens with one attached hydrogen (secondary N) is 1. The fourth-order valence-corrected chi connectivity index (χ4v) is 0.523. The molecule has 11 heavy (non-hydrogen) atoms. The smallest absolute Gasteiger partial charge is 0.000407 e. The van der Waals surface area contributed by atoms with Crippen LogP contribution in [-0.4, -0.2) is 0 Å². The molecule has 1 N–H and O–H groups in total. The van der Waals surface area contributed by atoms with E-state index in [0.29, 0.717) is 0 Å². The first-order valence-electron chi connectivity index (χ1n) is 3.77. The summed E-state index contributed by atoms with van der Waals surface area (Å²) in [6, 6.07) is 0. The maximum atomic E-state index is 3.52. The van der Waals surface area contributed by atoms with E-state index in [1.807, 2.05) is 18.4 Å². The summed E-state index contributed by atoms with van der Waals surface area (Å²) in [5.41, 5.74) is 0.262. The van der Waals surface area contributed by atoms with Gasteiger partial charge < -0.3 is 5.32 Å². The van der Waals surface area contributed by atoms with E-state index in [0.717, 1.165) is 0 Å². The summed E-state index contributed by atoms with van der Waals surface area (Å²) in [6.07, 6.45) is 9.61. The third-order valence-corrected chi connectivity index (χ3v) is 1.02. The summed E-state index contributed by atoms with van der Waals surface area (Å²) in [5, 5.41) is 2.87. The van der Waals surface area contributed by atoms with Gasteiger partial charge >= 0.3 is 0 Å². The summed E-state index contributed by atoms with van der Waals surface area (Å²) in [5.74, 6) is 0. The highest BCUT2D eigenvalue weighted by molar-refractivity contribution is 5.05. The lowest BCUT2D eigenvalue weighted by Gasteiger charge is -2.09. The van der Waals surface area contributed by atoms with Crippen molar-refractivity contribution in [2.45, 2.75) is 20.8 Å². The SMILES string of the molecule is C=CN/C=C\C=C/C(C)(C)C. The Morgan fingerprint density at radius 1 is 1.18 bits per heavy atom. The Kier molecular flexibility index (Phi) is 4.35. The molecule has 0 saturated heterocycles. The van der Waals surface area contributed by atoms with Crippen LogP contribution in [0.15, 0.2) is 37.2 Å². The van der Waals surface area contributed by atoms with Crippen LogP contribution < -0.4 is 5.32 Å². The lowest BCUT2D eigenvalue weighted by molar-refractivity contribution is 0.544. The molecule has 0 bridgehead atoms. The van der Waals surface area contributed by atoms with Crippen molar-refractivity contribution in [2.24, 2.45) is 5.41 Å². The van der Waals surface area contributed by atoms with Crippen molar-refractivity contribution < 1.29 is 0 Å². The minimum absolute atomic E-state index is 0.262. The highest BCUT2D eigenvalue weighted by Gasteiger charge is 2.01.